The van der Waals surface area contributed by atoms with Gasteiger partial charge in [-0.2, -0.15) is 13.1 Å². The first-order valence-electron chi connectivity index (χ1n) is 12.1. The minimum absolute atomic E-state index is 0.0979. The standard InChI is InChI=1S/C25H28F5N3O7S/c1-24(2,3)40-23(35)32-12-13-33(41(36,37)19-10-8-18(9-11-19)39-25(28,29)30)20(15-32)21(34)31-14-16-4-6-17(7-5-16)38-22(26)27/h4-11,20,22H,12-15H2,1-3H3,(H,31,34)/t20-/m1/s1. The third-order valence-corrected chi connectivity index (χ3v) is 7.49. The minimum Gasteiger partial charge on any atom is -0.444 e. The Hall–Kier alpha value is -3.66. The molecule has 1 aliphatic rings. The first-order chi connectivity index (χ1) is 18.9. The van der Waals surface area contributed by atoms with E-state index in [-0.39, 0.29) is 31.9 Å². The van der Waals surface area contributed by atoms with Crippen LogP contribution in [0.2, 0.25) is 0 Å². The molecule has 0 unspecified atom stereocenters. The summed E-state index contributed by atoms with van der Waals surface area (Å²) in [6.07, 6.45) is -5.74. The molecule has 2 amide bonds. The number of amides is 2. The summed E-state index contributed by atoms with van der Waals surface area (Å²) in [6.45, 7) is 0.961. The van der Waals surface area contributed by atoms with Gasteiger partial charge in [-0.3, -0.25) is 4.79 Å². The summed E-state index contributed by atoms with van der Waals surface area (Å²) in [5.74, 6) is -1.52. The molecule has 0 aliphatic carbocycles. The number of rotatable bonds is 8. The molecule has 1 aliphatic heterocycles. The van der Waals surface area contributed by atoms with Gasteiger partial charge in [-0.05, 0) is 62.7 Å². The highest BCUT2D eigenvalue weighted by molar-refractivity contribution is 7.89. The fraction of sp³-hybridized carbons (Fsp3) is 0.440. The van der Waals surface area contributed by atoms with Crippen molar-refractivity contribution in [2.75, 3.05) is 19.6 Å². The van der Waals surface area contributed by atoms with Crippen molar-refractivity contribution in [3.8, 4) is 11.5 Å². The second-order valence-corrected chi connectivity index (χ2v) is 11.7. The predicted octanol–water partition coefficient (Wildman–Crippen LogP) is 4.11. The Morgan fingerprint density at radius 2 is 1.56 bits per heavy atom. The summed E-state index contributed by atoms with van der Waals surface area (Å²) in [4.78, 5) is 26.7. The van der Waals surface area contributed by atoms with Gasteiger partial charge in [0.15, 0.2) is 0 Å². The number of sulfonamides is 1. The zero-order valence-corrected chi connectivity index (χ0v) is 23.0. The molecule has 0 spiro atoms. The van der Waals surface area contributed by atoms with Crippen molar-refractivity contribution in [1.29, 1.82) is 0 Å². The second kappa shape index (κ2) is 12.5. The van der Waals surface area contributed by atoms with E-state index >= 15 is 0 Å². The molecule has 1 atom stereocenters. The van der Waals surface area contributed by atoms with Crippen molar-refractivity contribution in [2.45, 2.75) is 56.8 Å². The molecule has 1 N–H and O–H groups in total. The van der Waals surface area contributed by atoms with Gasteiger partial charge >= 0.3 is 19.1 Å². The fourth-order valence-corrected chi connectivity index (χ4v) is 5.37. The number of carbonyl (C=O) groups excluding carboxylic acids is 2. The van der Waals surface area contributed by atoms with E-state index in [1.54, 1.807) is 20.8 Å². The van der Waals surface area contributed by atoms with Gasteiger partial charge in [0.25, 0.3) is 0 Å². The van der Waals surface area contributed by atoms with Crippen LogP contribution in [0.1, 0.15) is 26.3 Å². The van der Waals surface area contributed by atoms with E-state index in [9.17, 15) is 40.0 Å². The van der Waals surface area contributed by atoms with Crippen LogP contribution >= 0.6 is 0 Å². The number of benzene rings is 2. The highest BCUT2D eigenvalue weighted by Crippen LogP contribution is 2.27. The normalized spacial score (nSPS) is 16.8. The molecule has 1 heterocycles. The van der Waals surface area contributed by atoms with E-state index in [0.29, 0.717) is 5.56 Å². The van der Waals surface area contributed by atoms with Crippen LogP contribution in [0.15, 0.2) is 53.4 Å². The average Bonchev–Trinajstić information content (AvgIpc) is 2.85. The molecule has 0 aromatic heterocycles. The number of halogens is 5. The van der Waals surface area contributed by atoms with Crippen LogP contribution in [-0.4, -0.2) is 73.9 Å². The Bertz CT molecular complexity index is 1320. The van der Waals surface area contributed by atoms with Crippen LogP contribution in [-0.2, 0) is 26.1 Å². The summed E-state index contributed by atoms with van der Waals surface area (Å²) >= 11 is 0. The lowest BCUT2D eigenvalue weighted by Crippen LogP contribution is -2.61. The number of carbonyl (C=O) groups is 2. The first-order valence-corrected chi connectivity index (χ1v) is 13.6. The lowest BCUT2D eigenvalue weighted by Gasteiger charge is -2.39. The summed E-state index contributed by atoms with van der Waals surface area (Å²) < 4.78 is 103. The maximum Gasteiger partial charge on any atom is 0.573 e. The number of ether oxygens (including phenoxy) is 3. The lowest BCUT2D eigenvalue weighted by molar-refractivity contribution is -0.274. The van der Waals surface area contributed by atoms with Crippen molar-refractivity contribution in [1.82, 2.24) is 14.5 Å². The number of hydrogen-bond donors (Lipinski definition) is 1. The zero-order chi connectivity index (χ0) is 30.6. The van der Waals surface area contributed by atoms with Gasteiger partial charge in [0, 0.05) is 26.2 Å². The molecule has 10 nitrogen and oxygen atoms in total. The van der Waals surface area contributed by atoms with Crippen molar-refractivity contribution in [3.05, 3.63) is 54.1 Å². The summed E-state index contributed by atoms with van der Waals surface area (Å²) in [7, 11) is -4.43. The van der Waals surface area contributed by atoms with E-state index in [1.165, 1.54) is 29.2 Å². The van der Waals surface area contributed by atoms with E-state index < -0.39 is 57.3 Å². The molecule has 1 saturated heterocycles. The largest absolute Gasteiger partial charge is 0.573 e. The quantitative estimate of drug-likeness (QED) is 0.448. The van der Waals surface area contributed by atoms with Crippen LogP contribution in [0.25, 0.3) is 0 Å². The van der Waals surface area contributed by atoms with Crippen molar-refractivity contribution in [3.63, 3.8) is 0 Å². The van der Waals surface area contributed by atoms with E-state index in [4.69, 9.17) is 4.74 Å². The van der Waals surface area contributed by atoms with Crippen LogP contribution in [0, 0.1) is 0 Å². The van der Waals surface area contributed by atoms with Crippen LogP contribution in [0.3, 0.4) is 0 Å². The molecule has 2 aromatic rings. The lowest BCUT2D eigenvalue weighted by atomic mass is 10.1. The van der Waals surface area contributed by atoms with Crippen molar-refractivity contribution < 1.29 is 54.2 Å². The summed E-state index contributed by atoms with van der Waals surface area (Å²) in [5, 5.41) is 2.57. The SMILES string of the molecule is CC(C)(C)OC(=O)N1CCN(S(=O)(=O)c2ccc(OC(F)(F)F)cc2)[C@@H](C(=O)NCc2ccc(OC(F)F)cc2)C1. The van der Waals surface area contributed by atoms with Gasteiger partial charge in [0.05, 0.1) is 4.90 Å². The topological polar surface area (TPSA) is 114 Å². The van der Waals surface area contributed by atoms with Gasteiger partial charge in [-0.25, -0.2) is 13.2 Å². The highest BCUT2D eigenvalue weighted by Gasteiger charge is 2.42. The van der Waals surface area contributed by atoms with E-state index in [2.05, 4.69) is 14.8 Å². The molecule has 0 saturated carbocycles. The number of alkyl halides is 5. The smallest absolute Gasteiger partial charge is 0.444 e. The van der Waals surface area contributed by atoms with Crippen molar-refractivity contribution >= 4 is 22.0 Å². The minimum atomic E-state index is -4.97. The highest BCUT2D eigenvalue weighted by atomic mass is 32.2. The molecule has 16 heteroatoms. The molecule has 41 heavy (non-hydrogen) atoms. The summed E-state index contributed by atoms with van der Waals surface area (Å²) in [5.41, 5.74) is -0.382. The van der Waals surface area contributed by atoms with Gasteiger partial charge < -0.3 is 24.4 Å². The molecule has 226 valence electrons. The first kappa shape index (κ1) is 31.9. The molecule has 1 fully saturated rings. The zero-order valence-electron chi connectivity index (χ0n) is 22.2. The van der Waals surface area contributed by atoms with Gasteiger partial charge in [0.2, 0.25) is 15.9 Å². The maximum absolute atomic E-state index is 13.5. The van der Waals surface area contributed by atoms with Crippen LogP contribution in [0.4, 0.5) is 26.7 Å². The Morgan fingerprint density at radius 1 is 0.976 bits per heavy atom. The average molecular weight is 610 g/mol. The number of piperazine rings is 1. The van der Waals surface area contributed by atoms with Gasteiger partial charge in [0.1, 0.15) is 23.1 Å². The number of hydrogen-bond acceptors (Lipinski definition) is 7. The molecule has 0 radical (unpaired) electrons. The molecule has 3 rings (SSSR count). The maximum atomic E-state index is 13.5. The van der Waals surface area contributed by atoms with Crippen LogP contribution in [0.5, 0.6) is 11.5 Å². The van der Waals surface area contributed by atoms with Gasteiger partial charge in [-0.15, -0.1) is 13.2 Å². The molecular formula is C25H28F5N3O7S. The third kappa shape index (κ3) is 9.18. The van der Waals surface area contributed by atoms with Crippen LogP contribution < -0.4 is 14.8 Å². The molecule has 2 aromatic carbocycles. The molecule has 0 bridgehead atoms. The Morgan fingerprint density at radius 3 is 2.10 bits per heavy atom. The number of nitrogens with one attached hydrogen (secondary N) is 1. The summed E-state index contributed by atoms with van der Waals surface area (Å²) in [6, 6.07) is 7.41. The Balaban J connectivity index is 1.82. The second-order valence-electron chi connectivity index (χ2n) is 9.82. The van der Waals surface area contributed by atoms with E-state index in [1.807, 2.05) is 0 Å². The Labute approximate surface area is 233 Å². The number of nitrogens with zero attached hydrogens (tertiary/aromatic N) is 2. The predicted molar refractivity (Wildman–Crippen MR) is 134 cm³/mol. The van der Waals surface area contributed by atoms with E-state index in [0.717, 1.165) is 28.6 Å². The molecular weight excluding hydrogens is 581 g/mol. The Kier molecular flexibility index (Phi) is 9.69. The monoisotopic (exact) mass is 609 g/mol. The third-order valence-electron chi connectivity index (χ3n) is 5.56. The fourth-order valence-electron chi connectivity index (χ4n) is 3.80. The van der Waals surface area contributed by atoms with Crippen molar-refractivity contribution in [2.24, 2.45) is 0 Å². The van der Waals surface area contributed by atoms with Gasteiger partial charge in [-0.1, -0.05) is 12.1 Å².